The van der Waals surface area contributed by atoms with Gasteiger partial charge in [0.15, 0.2) is 5.75 Å². The van der Waals surface area contributed by atoms with Crippen LogP contribution in [0.2, 0.25) is 0 Å². The molecule has 0 bridgehead atoms. The molecular formula is C15H27N3O2. The lowest BCUT2D eigenvalue weighted by Crippen LogP contribution is -2.26. The molecule has 114 valence electrons. The molecule has 0 aliphatic rings. The van der Waals surface area contributed by atoms with Crippen molar-refractivity contribution in [3.05, 3.63) is 28.2 Å². The van der Waals surface area contributed by atoms with E-state index in [1.54, 1.807) is 12.3 Å². The molecule has 0 aromatic carbocycles. The number of hydrogen-bond acceptors (Lipinski definition) is 4. The second kappa shape index (κ2) is 8.07. The standard InChI is InChI=1S/C15H27N3O2/c1-5-17(6-2)11-13-10-14(19)15(20)12-18(13)9-7-8-16(3)4/h10,12,20H,5-9,11H2,1-4H3. The number of aromatic nitrogens is 1. The van der Waals surface area contributed by atoms with Crippen LogP contribution in [0.3, 0.4) is 0 Å². The Labute approximate surface area is 121 Å². The zero-order valence-corrected chi connectivity index (χ0v) is 13.1. The van der Waals surface area contributed by atoms with Gasteiger partial charge in [-0.1, -0.05) is 13.8 Å². The van der Waals surface area contributed by atoms with Gasteiger partial charge in [0.25, 0.3) is 0 Å². The minimum absolute atomic E-state index is 0.168. The Morgan fingerprint density at radius 1 is 1.25 bits per heavy atom. The molecule has 0 saturated heterocycles. The van der Waals surface area contributed by atoms with E-state index in [-0.39, 0.29) is 11.2 Å². The van der Waals surface area contributed by atoms with Crippen LogP contribution in [0.1, 0.15) is 26.0 Å². The SMILES string of the molecule is CCN(CC)Cc1cc(=O)c(O)cn1CCCN(C)C. The van der Waals surface area contributed by atoms with Gasteiger partial charge < -0.3 is 14.6 Å². The fourth-order valence-corrected chi connectivity index (χ4v) is 2.18. The molecular weight excluding hydrogens is 254 g/mol. The van der Waals surface area contributed by atoms with E-state index in [0.717, 1.165) is 44.8 Å². The predicted octanol–water partition coefficient (Wildman–Crippen LogP) is 1.35. The molecule has 0 unspecified atom stereocenters. The van der Waals surface area contributed by atoms with Crippen molar-refractivity contribution in [3.63, 3.8) is 0 Å². The van der Waals surface area contributed by atoms with Gasteiger partial charge in [-0.25, -0.2) is 0 Å². The molecule has 1 rings (SSSR count). The normalized spacial score (nSPS) is 11.5. The Hall–Kier alpha value is -1.33. The first-order chi connectivity index (χ1) is 9.47. The molecule has 0 amide bonds. The van der Waals surface area contributed by atoms with Gasteiger partial charge in [-0.2, -0.15) is 0 Å². The van der Waals surface area contributed by atoms with Crippen LogP contribution < -0.4 is 5.43 Å². The summed E-state index contributed by atoms with van der Waals surface area (Å²) in [5.74, 6) is -0.168. The molecule has 0 saturated carbocycles. The molecule has 0 aliphatic carbocycles. The zero-order valence-electron chi connectivity index (χ0n) is 13.1. The minimum Gasteiger partial charge on any atom is -0.503 e. The molecule has 5 heteroatoms. The van der Waals surface area contributed by atoms with E-state index in [2.05, 4.69) is 23.6 Å². The van der Waals surface area contributed by atoms with Crippen molar-refractivity contribution in [3.8, 4) is 5.75 Å². The number of pyridine rings is 1. The van der Waals surface area contributed by atoms with Gasteiger partial charge in [0.1, 0.15) is 0 Å². The van der Waals surface area contributed by atoms with Crippen LogP contribution in [0.15, 0.2) is 17.1 Å². The Balaban J connectivity index is 2.89. The molecule has 1 heterocycles. The molecule has 0 atom stereocenters. The van der Waals surface area contributed by atoms with Crippen molar-refractivity contribution < 1.29 is 5.11 Å². The molecule has 5 nitrogen and oxygen atoms in total. The summed E-state index contributed by atoms with van der Waals surface area (Å²) in [6.45, 7) is 8.65. The monoisotopic (exact) mass is 281 g/mol. The average molecular weight is 281 g/mol. The quantitative estimate of drug-likeness (QED) is 0.781. The molecule has 1 aromatic heterocycles. The second-order valence-corrected chi connectivity index (χ2v) is 5.33. The Kier molecular flexibility index (Phi) is 6.75. The minimum atomic E-state index is -0.295. The van der Waals surface area contributed by atoms with Crippen molar-refractivity contribution in [1.82, 2.24) is 14.4 Å². The van der Waals surface area contributed by atoms with E-state index < -0.39 is 0 Å². The zero-order chi connectivity index (χ0) is 15.1. The number of aromatic hydroxyl groups is 1. The maximum Gasteiger partial charge on any atom is 0.223 e. The van der Waals surface area contributed by atoms with Crippen LogP contribution in [0.5, 0.6) is 5.75 Å². The Morgan fingerprint density at radius 3 is 2.45 bits per heavy atom. The van der Waals surface area contributed by atoms with Gasteiger partial charge in [-0.15, -0.1) is 0 Å². The first kappa shape index (κ1) is 16.7. The highest BCUT2D eigenvalue weighted by molar-refractivity contribution is 5.20. The molecule has 0 spiro atoms. The molecule has 0 fully saturated rings. The summed E-state index contributed by atoms with van der Waals surface area (Å²) in [7, 11) is 4.08. The summed E-state index contributed by atoms with van der Waals surface area (Å²) in [5, 5.41) is 9.62. The van der Waals surface area contributed by atoms with Crippen molar-refractivity contribution in [2.24, 2.45) is 0 Å². The van der Waals surface area contributed by atoms with Gasteiger partial charge in [0.2, 0.25) is 5.43 Å². The van der Waals surface area contributed by atoms with E-state index in [0.29, 0.717) is 0 Å². The van der Waals surface area contributed by atoms with Crippen molar-refractivity contribution >= 4 is 0 Å². The van der Waals surface area contributed by atoms with E-state index >= 15 is 0 Å². The summed E-state index contributed by atoms with van der Waals surface area (Å²) in [6, 6.07) is 1.56. The first-order valence-electron chi connectivity index (χ1n) is 7.27. The van der Waals surface area contributed by atoms with Crippen LogP contribution in [0.4, 0.5) is 0 Å². The number of aryl methyl sites for hydroxylation is 1. The Bertz CT molecular complexity index is 465. The largest absolute Gasteiger partial charge is 0.503 e. The summed E-state index contributed by atoms with van der Waals surface area (Å²) in [6.07, 6.45) is 2.55. The number of nitrogens with zero attached hydrogens (tertiary/aromatic N) is 3. The van der Waals surface area contributed by atoms with Crippen molar-refractivity contribution in [2.75, 3.05) is 33.7 Å². The van der Waals surface area contributed by atoms with Gasteiger partial charge in [0.05, 0.1) is 6.20 Å². The van der Waals surface area contributed by atoms with Crippen LogP contribution in [0.25, 0.3) is 0 Å². The third-order valence-electron chi connectivity index (χ3n) is 3.48. The van der Waals surface area contributed by atoms with Crippen molar-refractivity contribution in [2.45, 2.75) is 33.4 Å². The maximum atomic E-state index is 11.6. The predicted molar refractivity (Wildman–Crippen MR) is 82.2 cm³/mol. The van der Waals surface area contributed by atoms with E-state index in [1.165, 1.54) is 0 Å². The van der Waals surface area contributed by atoms with E-state index in [1.807, 2.05) is 18.7 Å². The molecule has 0 aliphatic heterocycles. The van der Waals surface area contributed by atoms with Gasteiger partial charge in [0, 0.05) is 24.8 Å². The van der Waals surface area contributed by atoms with Crippen LogP contribution in [-0.2, 0) is 13.1 Å². The summed E-state index contributed by atoms with van der Waals surface area (Å²) in [5.41, 5.74) is 0.672. The van der Waals surface area contributed by atoms with Gasteiger partial charge in [-0.05, 0) is 40.2 Å². The Morgan fingerprint density at radius 2 is 1.90 bits per heavy atom. The highest BCUT2D eigenvalue weighted by Gasteiger charge is 2.09. The lowest BCUT2D eigenvalue weighted by molar-refractivity contribution is 0.284. The number of rotatable bonds is 8. The highest BCUT2D eigenvalue weighted by atomic mass is 16.3. The van der Waals surface area contributed by atoms with Gasteiger partial charge in [-0.3, -0.25) is 9.69 Å². The summed E-state index contributed by atoms with van der Waals surface area (Å²) in [4.78, 5) is 16.0. The highest BCUT2D eigenvalue weighted by Crippen LogP contribution is 2.09. The van der Waals surface area contributed by atoms with Gasteiger partial charge >= 0.3 is 0 Å². The number of hydrogen-bond donors (Lipinski definition) is 1. The second-order valence-electron chi connectivity index (χ2n) is 5.33. The lowest BCUT2D eigenvalue weighted by atomic mass is 10.2. The molecule has 1 aromatic rings. The maximum absolute atomic E-state index is 11.6. The molecule has 0 radical (unpaired) electrons. The van der Waals surface area contributed by atoms with E-state index in [4.69, 9.17) is 0 Å². The van der Waals surface area contributed by atoms with Crippen LogP contribution in [-0.4, -0.2) is 53.2 Å². The van der Waals surface area contributed by atoms with Crippen LogP contribution >= 0.6 is 0 Å². The summed E-state index contributed by atoms with van der Waals surface area (Å²) < 4.78 is 2.00. The third-order valence-corrected chi connectivity index (χ3v) is 3.48. The lowest BCUT2D eigenvalue weighted by Gasteiger charge is -2.22. The fraction of sp³-hybridized carbons (Fsp3) is 0.667. The van der Waals surface area contributed by atoms with E-state index in [9.17, 15) is 9.90 Å². The average Bonchev–Trinajstić information content (AvgIpc) is 2.40. The molecule has 1 N–H and O–H groups in total. The van der Waals surface area contributed by atoms with Crippen molar-refractivity contribution in [1.29, 1.82) is 0 Å². The third kappa shape index (κ3) is 4.98. The summed E-state index contributed by atoms with van der Waals surface area (Å²) >= 11 is 0. The molecule has 20 heavy (non-hydrogen) atoms. The topological polar surface area (TPSA) is 48.7 Å². The van der Waals surface area contributed by atoms with Crippen LogP contribution in [0, 0.1) is 0 Å². The smallest absolute Gasteiger partial charge is 0.223 e. The first-order valence-corrected chi connectivity index (χ1v) is 7.27. The fourth-order valence-electron chi connectivity index (χ4n) is 2.18.